The highest BCUT2D eigenvalue weighted by Crippen LogP contribution is 2.20. The molecular formula is C19H27N3O3. The fourth-order valence-electron chi connectivity index (χ4n) is 2.91. The number of fused-ring (bicyclic) bond motifs is 1. The van der Waals surface area contributed by atoms with Crippen LogP contribution in [0.2, 0.25) is 0 Å². The zero-order chi connectivity index (χ0) is 18.1. The number of aliphatic imine (C=N–C) groups is 1. The van der Waals surface area contributed by atoms with Crippen LogP contribution in [0, 0.1) is 5.92 Å². The summed E-state index contributed by atoms with van der Waals surface area (Å²) in [5, 5.41) is 2.91. The normalized spacial score (nSPS) is 19.0. The number of unbranched alkanes of at least 4 members (excludes halogenated alkanes) is 4. The molecule has 0 fully saturated rings. The van der Waals surface area contributed by atoms with Crippen molar-refractivity contribution < 1.29 is 14.4 Å². The van der Waals surface area contributed by atoms with Gasteiger partial charge in [-0.3, -0.25) is 14.5 Å². The minimum absolute atomic E-state index is 0.0783. The molecule has 25 heavy (non-hydrogen) atoms. The molecule has 4 amide bonds. The third-order valence-corrected chi connectivity index (χ3v) is 4.38. The lowest BCUT2D eigenvalue weighted by Gasteiger charge is -2.28. The second-order valence-electron chi connectivity index (χ2n) is 6.40. The molecule has 0 aromatic heterocycles. The van der Waals surface area contributed by atoms with E-state index in [0.717, 1.165) is 38.6 Å². The number of carbonyl (C=O) groups excluding carboxylic acids is 3. The van der Waals surface area contributed by atoms with E-state index in [9.17, 15) is 14.4 Å². The third kappa shape index (κ3) is 5.66. The Hall–Kier alpha value is -2.24. The van der Waals surface area contributed by atoms with E-state index in [1.807, 2.05) is 0 Å². The number of nitrogens with zero attached hydrogens (tertiary/aromatic N) is 2. The van der Waals surface area contributed by atoms with Crippen molar-refractivity contribution in [1.82, 2.24) is 10.2 Å². The summed E-state index contributed by atoms with van der Waals surface area (Å²) < 4.78 is 0. The van der Waals surface area contributed by atoms with Crippen molar-refractivity contribution >= 4 is 23.6 Å². The average Bonchev–Trinajstić information content (AvgIpc) is 2.61. The van der Waals surface area contributed by atoms with Gasteiger partial charge >= 0.3 is 6.03 Å². The van der Waals surface area contributed by atoms with Gasteiger partial charge in [-0.1, -0.05) is 44.4 Å². The fraction of sp³-hybridized carbons (Fsp3) is 0.579. The van der Waals surface area contributed by atoms with Gasteiger partial charge in [0.25, 0.3) is 0 Å². The van der Waals surface area contributed by atoms with E-state index in [0.29, 0.717) is 25.1 Å². The summed E-state index contributed by atoms with van der Waals surface area (Å²) in [6.45, 7) is 3.24. The van der Waals surface area contributed by atoms with Gasteiger partial charge in [-0.15, -0.1) is 0 Å². The lowest BCUT2D eigenvalue weighted by molar-refractivity contribution is -0.129. The molecule has 0 saturated heterocycles. The molecule has 0 radical (unpaired) electrons. The van der Waals surface area contributed by atoms with E-state index in [1.165, 1.54) is 4.90 Å². The number of imide groups is 1. The Balaban J connectivity index is 1.65. The van der Waals surface area contributed by atoms with E-state index in [1.54, 1.807) is 24.3 Å². The molecule has 1 atom stereocenters. The first-order valence-electron chi connectivity index (χ1n) is 9.19. The maximum atomic E-state index is 12.4. The van der Waals surface area contributed by atoms with Crippen LogP contribution < -0.4 is 5.32 Å². The van der Waals surface area contributed by atoms with Crippen molar-refractivity contribution in [2.24, 2.45) is 10.9 Å². The Bertz CT molecular complexity index is 593. The van der Waals surface area contributed by atoms with Crippen LogP contribution >= 0.6 is 0 Å². The molecule has 6 nitrogen and oxygen atoms in total. The molecule has 0 aromatic rings. The summed E-state index contributed by atoms with van der Waals surface area (Å²) in [5.41, 5.74) is 0.522. The number of hydrogen-bond donors (Lipinski definition) is 1. The van der Waals surface area contributed by atoms with Gasteiger partial charge in [-0.25, -0.2) is 4.79 Å². The highest BCUT2D eigenvalue weighted by molar-refractivity contribution is 6.21. The van der Waals surface area contributed by atoms with Crippen LogP contribution in [-0.2, 0) is 9.59 Å². The lowest BCUT2D eigenvalue weighted by Crippen LogP contribution is -2.46. The maximum absolute atomic E-state index is 12.4. The minimum Gasteiger partial charge on any atom is -0.356 e. The number of carbonyl (C=O) groups is 3. The molecule has 1 heterocycles. The molecule has 0 bridgehead atoms. The molecule has 0 spiro atoms. The van der Waals surface area contributed by atoms with Crippen molar-refractivity contribution in [2.75, 3.05) is 13.1 Å². The van der Waals surface area contributed by atoms with Gasteiger partial charge in [0.1, 0.15) is 0 Å². The highest BCUT2D eigenvalue weighted by Gasteiger charge is 2.35. The van der Waals surface area contributed by atoms with Crippen LogP contribution in [0.4, 0.5) is 4.79 Å². The molecule has 1 N–H and O–H groups in total. The van der Waals surface area contributed by atoms with E-state index >= 15 is 0 Å². The smallest absolute Gasteiger partial charge is 0.350 e. The van der Waals surface area contributed by atoms with Crippen LogP contribution in [-0.4, -0.2) is 41.5 Å². The van der Waals surface area contributed by atoms with E-state index in [-0.39, 0.29) is 11.8 Å². The Kier molecular flexibility index (Phi) is 7.57. The molecule has 2 aliphatic rings. The standard InChI is InChI=1S/C19H27N3O3/c1-2-3-8-13-20-17(23)12-5-4-9-14-22-18(24)15-10-6-7-11-16(15)21-19(22)25/h6-7,10-11,15H,2-5,8-9,12-14H2,1H3,(H,20,23). The molecule has 0 aromatic carbocycles. The summed E-state index contributed by atoms with van der Waals surface area (Å²) in [6, 6.07) is -0.482. The van der Waals surface area contributed by atoms with Gasteiger partial charge in [0.2, 0.25) is 11.8 Å². The van der Waals surface area contributed by atoms with Gasteiger partial charge in [0.05, 0.1) is 11.6 Å². The molecule has 6 heteroatoms. The van der Waals surface area contributed by atoms with Crippen molar-refractivity contribution in [2.45, 2.75) is 51.9 Å². The number of amides is 4. The number of rotatable bonds is 10. The monoisotopic (exact) mass is 345 g/mol. The van der Waals surface area contributed by atoms with E-state index < -0.39 is 11.9 Å². The van der Waals surface area contributed by atoms with Crippen LogP contribution in [0.5, 0.6) is 0 Å². The van der Waals surface area contributed by atoms with Crippen LogP contribution in [0.25, 0.3) is 0 Å². The summed E-state index contributed by atoms with van der Waals surface area (Å²) >= 11 is 0. The molecule has 1 unspecified atom stereocenters. The van der Waals surface area contributed by atoms with E-state index in [2.05, 4.69) is 17.2 Å². The van der Waals surface area contributed by atoms with Gasteiger partial charge in [-0.2, -0.15) is 4.99 Å². The minimum atomic E-state index is -0.482. The van der Waals surface area contributed by atoms with Crippen molar-refractivity contribution in [3.63, 3.8) is 0 Å². The maximum Gasteiger partial charge on any atom is 0.350 e. The first kappa shape index (κ1) is 19.1. The van der Waals surface area contributed by atoms with Crippen molar-refractivity contribution in [3.05, 3.63) is 24.3 Å². The number of nitrogens with one attached hydrogen (secondary N) is 1. The highest BCUT2D eigenvalue weighted by atomic mass is 16.2. The van der Waals surface area contributed by atoms with Crippen molar-refractivity contribution in [1.29, 1.82) is 0 Å². The second-order valence-corrected chi connectivity index (χ2v) is 6.40. The van der Waals surface area contributed by atoms with Crippen molar-refractivity contribution in [3.8, 4) is 0 Å². The predicted octanol–water partition coefficient (Wildman–Crippen LogP) is 3.00. The number of urea groups is 1. The largest absolute Gasteiger partial charge is 0.356 e. The van der Waals surface area contributed by atoms with Crippen LogP contribution in [0.15, 0.2) is 29.3 Å². The first-order chi connectivity index (χ1) is 12.1. The SMILES string of the molecule is CCCCCNC(=O)CCCCCN1C(=O)N=C2C=CC=CC2C1=O. The molecule has 1 aliphatic carbocycles. The van der Waals surface area contributed by atoms with Gasteiger partial charge < -0.3 is 5.32 Å². The lowest BCUT2D eigenvalue weighted by atomic mass is 9.95. The molecular weight excluding hydrogens is 318 g/mol. The van der Waals surface area contributed by atoms with E-state index in [4.69, 9.17) is 0 Å². The molecule has 136 valence electrons. The zero-order valence-electron chi connectivity index (χ0n) is 14.9. The van der Waals surface area contributed by atoms with Crippen LogP contribution in [0.3, 0.4) is 0 Å². The Morgan fingerprint density at radius 3 is 2.80 bits per heavy atom. The average molecular weight is 345 g/mol. The predicted molar refractivity (Wildman–Crippen MR) is 97.3 cm³/mol. The molecule has 2 rings (SSSR count). The zero-order valence-corrected chi connectivity index (χ0v) is 14.9. The Labute approximate surface area is 149 Å². The summed E-state index contributed by atoms with van der Waals surface area (Å²) in [6.07, 6.45) is 13.1. The first-order valence-corrected chi connectivity index (χ1v) is 9.19. The third-order valence-electron chi connectivity index (χ3n) is 4.38. The van der Waals surface area contributed by atoms with Crippen LogP contribution in [0.1, 0.15) is 51.9 Å². The number of hydrogen-bond acceptors (Lipinski definition) is 3. The number of allylic oxidation sites excluding steroid dienone is 3. The van der Waals surface area contributed by atoms with Gasteiger partial charge in [0.15, 0.2) is 0 Å². The molecule has 1 aliphatic heterocycles. The van der Waals surface area contributed by atoms with Gasteiger partial charge in [0, 0.05) is 19.5 Å². The summed E-state index contributed by atoms with van der Waals surface area (Å²) in [5.74, 6) is -0.560. The fourth-order valence-corrected chi connectivity index (χ4v) is 2.91. The Morgan fingerprint density at radius 1 is 1.16 bits per heavy atom. The summed E-state index contributed by atoms with van der Waals surface area (Å²) in [4.78, 5) is 41.3. The molecule has 0 saturated carbocycles. The topological polar surface area (TPSA) is 78.8 Å². The second kappa shape index (κ2) is 9.91. The quantitative estimate of drug-likeness (QED) is 0.618. The summed E-state index contributed by atoms with van der Waals surface area (Å²) in [7, 11) is 0. The Morgan fingerprint density at radius 2 is 2.00 bits per heavy atom. The van der Waals surface area contributed by atoms with Gasteiger partial charge in [-0.05, 0) is 25.3 Å².